The fraction of sp³-hybridized carbons (Fsp3) is 0.522. The highest BCUT2D eigenvalue weighted by Crippen LogP contribution is 2.30. The van der Waals surface area contributed by atoms with Crippen LogP contribution in [0.1, 0.15) is 44.1 Å². The molecule has 1 saturated heterocycles. The van der Waals surface area contributed by atoms with E-state index in [4.69, 9.17) is 23.2 Å². The first-order valence-corrected chi connectivity index (χ1v) is 14.9. The molecule has 2 aromatic rings. The van der Waals surface area contributed by atoms with Gasteiger partial charge in [-0.05, 0) is 30.0 Å². The van der Waals surface area contributed by atoms with Crippen molar-refractivity contribution in [1.82, 2.24) is 14.2 Å². The van der Waals surface area contributed by atoms with Crippen molar-refractivity contribution in [3.63, 3.8) is 0 Å². The number of hydrogen-bond donors (Lipinski definition) is 1. The molecule has 190 valence electrons. The first-order chi connectivity index (χ1) is 16.7. The number of sulfonamides is 1. The van der Waals surface area contributed by atoms with Crippen molar-refractivity contribution in [2.45, 2.75) is 50.3 Å². The number of amides is 2. The summed E-state index contributed by atoms with van der Waals surface area (Å²) < 4.78 is 27.2. The van der Waals surface area contributed by atoms with Gasteiger partial charge in [0.2, 0.25) is 21.8 Å². The molecular weight excluding hydrogens is 531 g/mol. The van der Waals surface area contributed by atoms with Crippen LogP contribution in [0.5, 0.6) is 0 Å². The molecule has 1 aromatic carbocycles. The van der Waals surface area contributed by atoms with Crippen LogP contribution < -0.4 is 5.32 Å². The molecule has 2 heterocycles. The minimum Gasteiger partial charge on any atom is -0.328 e. The topological polar surface area (TPSA) is 99.7 Å². The number of halogens is 2. The molecule has 1 N–H and O–H groups in total. The zero-order valence-corrected chi connectivity index (χ0v) is 22.3. The third kappa shape index (κ3) is 6.74. The number of benzene rings is 1. The molecule has 4 rings (SSSR count). The van der Waals surface area contributed by atoms with E-state index in [1.165, 1.54) is 28.1 Å². The van der Waals surface area contributed by atoms with E-state index in [-0.39, 0.29) is 42.2 Å². The monoisotopic (exact) mass is 558 g/mol. The molecule has 8 nitrogen and oxygen atoms in total. The molecule has 1 aliphatic carbocycles. The van der Waals surface area contributed by atoms with Crippen LogP contribution in [0.4, 0.5) is 5.13 Å². The maximum Gasteiger partial charge on any atom is 0.248 e. The highest BCUT2D eigenvalue weighted by atomic mass is 35.5. The first-order valence-electron chi connectivity index (χ1n) is 11.6. The standard InChI is InChI=1S/C23H28Cl2N4O4S2/c24-18-7-6-17(12-19(18)25)15-35(32,33)28-9-10-29(21(30)14-28)20(13-16-4-2-1-3-5-16)22(31)27-23-26-8-11-34-23/h6-8,11-12,16,20H,1-5,9-10,13-15H2,(H,26,27,31). The van der Waals surface area contributed by atoms with Gasteiger partial charge in [-0.15, -0.1) is 11.3 Å². The number of piperazine rings is 1. The summed E-state index contributed by atoms with van der Waals surface area (Å²) in [5.41, 5.74) is 0.493. The average Bonchev–Trinajstić information content (AvgIpc) is 3.33. The third-order valence-electron chi connectivity index (χ3n) is 6.57. The SMILES string of the molecule is O=C(Nc1nccs1)C(CC1CCCCC1)N1CCN(S(=O)(=O)Cc2ccc(Cl)c(Cl)c2)CC1=O. The lowest BCUT2D eigenvalue weighted by molar-refractivity contribution is -0.142. The first kappa shape index (κ1) is 26.3. The van der Waals surface area contributed by atoms with Crippen molar-refractivity contribution in [3.05, 3.63) is 45.4 Å². The number of rotatable bonds is 8. The highest BCUT2D eigenvalue weighted by Gasteiger charge is 2.38. The van der Waals surface area contributed by atoms with Gasteiger partial charge in [-0.1, -0.05) is 61.4 Å². The Labute approximate surface area is 219 Å². The van der Waals surface area contributed by atoms with Gasteiger partial charge in [0.15, 0.2) is 5.13 Å². The van der Waals surface area contributed by atoms with Gasteiger partial charge in [-0.3, -0.25) is 9.59 Å². The third-order valence-corrected chi connectivity index (χ3v) is 9.80. The Morgan fingerprint density at radius 3 is 2.60 bits per heavy atom. The Morgan fingerprint density at radius 1 is 1.17 bits per heavy atom. The molecule has 0 bridgehead atoms. The van der Waals surface area contributed by atoms with E-state index < -0.39 is 16.1 Å². The van der Waals surface area contributed by atoms with Crippen LogP contribution in [0.2, 0.25) is 10.0 Å². The maximum absolute atomic E-state index is 13.2. The van der Waals surface area contributed by atoms with E-state index in [2.05, 4.69) is 10.3 Å². The zero-order valence-electron chi connectivity index (χ0n) is 19.2. The molecule has 2 aliphatic rings. The van der Waals surface area contributed by atoms with Crippen LogP contribution in [0.25, 0.3) is 0 Å². The van der Waals surface area contributed by atoms with Gasteiger partial charge in [0.1, 0.15) is 6.04 Å². The number of nitrogens with one attached hydrogen (secondary N) is 1. The smallest absolute Gasteiger partial charge is 0.248 e. The number of aromatic nitrogens is 1. The van der Waals surface area contributed by atoms with E-state index in [1.54, 1.807) is 28.6 Å². The Kier molecular flexibility index (Phi) is 8.70. The lowest BCUT2D eigenvalue weighted by Crippen LogP contribution is -2.58. The summed E-state index contributed by atoms with van der Waals surface area (Å²) in [6, 6.07) is 4.01. The van der Waals surface area contributed by atoms with Crippen LogP contribution in [0.15, 0.2) is 29.8 Å². The minimum atomic E-state index is -3.76. The normalized spacial score (nSPS) is 19.0. The molecule has 1 aromatic heterocycles. The van der Waals surface area contributed by atoms with Gasteiger partial charge in [0.05, 0.1) is 22.3 Å². The van der Waals surface area contributed by atoms with Crippen molar-refractivity contribution < 1.29 is 18.0 Å². The quantitative estimate of drug-likeness (QED) is 0.517. The van der Waals surface area contributed by atoms with Crippen molar-refractivity contribution in [1.29, 1.82) is 0 Å². The molecule has 1 saturated carbocycles. The van der Waals surface area contributed by atoms with Gasteiger partial charge >= 0.3 is 0 Å². The number of thiazole rings is 1. The Bertz CT molecular complexity index is 1150. The molecule has 35 heavy (non-hydrogen) atoms. The summed E-state index contributed by atoms with van der Waals surface area (Å²) in [6.45, 7) is -0.0153. The summed E-state index contributed by atoms with van der Waals surface area (Å²) >= 11 is 13.3. The summed E-state index contributed by atoms with van der Waals surface area (Å²) in [4.78, 5) is 32.1. The van der Waals surface area contributed by atoms with Crippen LogP contribution in [-0.2, 0) is 25.4 Å². The average molecular weight is 560 g/mol. The number of hydrogen-bond acceptors (Lipinski definition) is 6. The van der Waals surface area contributed by atoms with Crippen molar-refractivity contribution >= 4 is 61.5 Å². The van der Waals surface area contributed by atoms with Crippen molar-refractivity contribution in [2.24, 2.45) is 5.92 Å². The Balaban J connectivity index is 1.46. The van der Waals surface area contributed by atoms with Crippen LogP contribution in [-0.4, -0.2) is 60.1 Å². The summed E-state index contributed by atoms with van der Waals surface area (Å²) in [5, 5.41) is 5.71. The second-order valence-electron chi connectivity index (χ2n) is 9.01. The van der Waals surface area contributed by atoms with E-state index in [0.29, 0.717) is 28.1 Å². The van der Waals surface area contributed by atoms with Gasteiger partial charge < -0.3 is 10.2 Å². The summed E-state index contributed by atoms with van der Waals surface area (Å²) in [6.07, 6.45) is 7.69. The van der Waals surface area contributed by atoms with Gasteiger partial charge in [0, 0.05) is 24.7 Å². The Morgan fingerprint density at radius 2 is 1.94 bits per heavy atom. The van der Waals surface area contributed by atoms with E-state index in [1.807, 2.05) is 0 Å². The predicted octanol–water partition coefficient (Wildman–Crippen LogP) is 4.40. The number of nitrogens with zero attached hydrogens (tertiary/aromatic N) is 3. The Hall–Kier alpha value is -1.72. The van der Waals surface area contributed by atoms with E-state index >= 15 is 0 Å². The molecule has 1 atom stereocenters. The molecule has 12 heteroatoms. The highest BCUT2D eigenvalue weighted by molar-refractivity contribution is 7.88. The number of carbonyl (C=O) groups excluding carboxylic acids is 2. The zero-order chi connectivity index (χ0) is 25.0. The van der Waals surface area contributed by atoms with Crippen molar-refractivity contribution in [3.8, 4) is 0 Å². The lowest BCUT2D eigenvalue weighted by atomic mass is 9.84. The molecule has 0 radical (unpaired) electrons. The summed E-state index contributed by atoms with van der Waals surface area (Å²) in [7, 11) is -3.76. The van der Waals surface area contributed by atoms with Crippen LogP contribution in [0.3, 0.4) is 0 Å². The summed E-state index contributed by atoms with van der Waals surface area (Å²) in [5.74, 6) is -0.567. The fourth-order valence-corrected chi connectivity index (χ4v) is 7.05. The second kappa shape index (κ2) is 11.6. The molecular formula is C23H28Cl2N4O4S2. The molecule has 2 amide bonds. The van der Waals surface area contributed by atoms with E-state index in [9.17, 15) is 18.0 Å². The predicted molar refractivity (Wildman–Crippen MR) is 138 cm³/mol. The van der Waals surface area contributed by atoms with Gasteiger partial charge in [-0.2, -0.15) is 4.31 Å². The van der Waals surface area contributed by atoms with E-state index in [0.717, 1.165) is 25.7 Å². The number of anilines is 1. The van der Waals surface area contributed by atoms with Crippen LogP contribution in [0, 0.1) is 5.92 Å². The van der Waals surface area contributed by atoms with Gasteiger partial charge in [0.25, 0.3) is 0 Å². The lowest BCUT2D eigenvalue weighted by Gasteiger charge is -2.39. The maximum atomic E-state index is 13.2. The number of carbonyl (C=O) groups is 2. The molecule has 1 unspecified atom stereocenters. The van der Waals surface area contributed by atoms with Gasteiger partial charge in [-0.25, -0.2) is 13.4 Å². The second-order valence-corrected chi connectivity index (χ2v) is 12.7. The van der Waals surface area contributed by atoms with Crippen molar-refractivity contribution in [2.75, 3.05) is 25.0 Å². The largest absolute Gasteiger partial charge is 0.328 e. The molecule has 1 aliphatic heterocycles. The molecule has 2 fully saturated rings. The van der Waals surface area contributed by atoms with Crippen LogP contribution >= 0.6 is 34.5 Å². The fourth-order valence-electron chi connectivity index (χ4n) is 4.75. The minimum absolute atomic E-state index is 0.126. The molecule has 0 spiro atoms.